The maximum absolute atomic E-state index is 12.6. The third-order valence-electron chi connectivity index (χ3n) is 2.73. The van der Waals surface area contributed by atoms with Crippen LogP contribution in [0.4, 0.5) is 13.2 Å². The molecule has 1 unspecified atom stereocenters. The van der Waals surface area contributed by atoms with Crippen molar-refractivity contribution in [1.82, 2.24) is 5.32 Å². The fourth-order valence-electron chi connectivity index (χ4n) is 1.63. The molecule has 0 heterocycles. The standard InChI is InChI=1S/C15H20F3NO2/c1-10(19-13(20)9-21-14(2,3)4)11-6-5-7-12(8-11)15(16,17)18/h5-8,10H,9H2,1-4H3,(H,19,20). The lowest BCUT2D eigenvalue weighted by Gasteiger charge is -2.21. The van der Waals surface area contributed by atoms with Gasteiger partial charge in [-0.2, -0.15) is 13.2 Å². The van der Waals surface area contributed by atoms with Crippen molar-refractivity contribution in [2.24, 2.45) is 0 Å². The third-order valence-corrected chi connectivity index (χ3v) is 2.73. The van der Waals surface area contributed by atoms with Crippen molar-refractivity contribution in [3.8, 4) is 0 Å². The van der Waals surface area contributed by atoms with Crippen LogP contribution in [0.5, 0.6) is 0 Å². The number of amides is 1. The highest BCUT2D eigenvalue weighted by Crippen LogP contribution is 2.30. The van der Waals surface area contributed by atoms with Gasteiger partial charge in [-0.25, -0.2) is 0 Å². The molecule has 0 aromatic heterocycles. The molecule has 0 aliphatic carbocycles. The predicted molar refractivity (Wildman–Crippen MR) is 73.7 cm³/mol. The van der Waals surface area contributed by atoms with Gasteiger partial charge in [0.05, 0.1) is 17.2 Å². The number of carbonyl (C=O) groups excluding carboxylic acids is 1. The maximum Gasteiger partial charge on any atom is 0.416 e. The molecule has 1 aromatic rings. The highest BCUT2D eigenvalue weighted by Gasteiger charge is 2.30. The lowest BCUT2D eigenvalue weighted by atomic mass is 10.0. The molecule has 0 spiro atoms. The number of benzene rings is 1. The molecular weight excluding hydrogens is 283 g/mol. The van der Waals surface area contributed by atoms with E-state index in [-0.39, 0.29) is 12.5 Å². The summed E-state index contributed by atoms with van der Waals surface area (Å²) < 4.78 is 43.2. The zero-order valence-electron chi connectivity index (χ0n) is 12.5. The summed E-state index contributed by atoms with van der Waals surface area (Å²) in [4.78, 5) is 11.7. The quantitative estimate of drug-likeness (QED) is 0.921. The molecule has 0 aliphatic heterocycles. The van der Waals surface area contributed by atoms with E-state index in [0.29, 0.717) is 5.56 Å². The Balaban J connectivity index is 2.68. The van der Waals surface area contributed by atoms with Crippen LogP contribution in [0.2, 0.25) is 0 Å². The van der Waals surface area contributed by atoms with Crippen molar-refractivity contribution >= 4 is 5.91 Å². The van der Waals surface area contributed by atoms with Gasteiger partial charge in [-0.05, 0) is 45.4 Å². The molecule has 1 rings (SSSR count). The van der Waals surface area contributed by atoms with E-state index in [1.54, 1.807) is 13.0 Å². The number of halogens is 3. The summed E-state index contributed by atoms with van der Waals surface area (Å²) in [6.45, 7) is 6.95. The topological polar surface area (TPSA) is 38.3 Å². The van der Waals surface area contributed by atoms with Crippen molar-refractivity contribution < 1.29 is 22.7 Å². The van der Waals surface area contributed by atoms with Crippen molar-refractivity contribution in [2.45, 2.75) is 45.5 Å². The average molecular weight is 303 g/mol. The Bertz CT molecular complexity index is 492. The fourth-order valence-corrected chi connectivity index (χ4v) is 1.63. The van der Waals surface area contributed by atoms with Gasteiger partial charge in [0.2, 0.25) is 5.91 Å². The highest BCUT2D eigenvalue weighted by molar-refractivity contribution is 5.77. The Kier molecular flexibility index (Phi) is 5.39. The van der Waals surface area contributed by atoms with Gasteiger partial charge in [0.1, 0.15) is 6.61 Å². The van der Waals surface area contributed by atoms with Gasteiger partial charge in [0, 0.05) is 0 Å². The number of hydrogen-bond donors (Lipinski definition) is 1. The molecule has 0 saturated heterocycles. The zero-order valence-corrected chi connectivity index (χ0v) is 12.5. The Hall–Kier alpha value is -1.56. The van der Waals surface area contributed by atoms with E-state index in [2.05, 4.69) is 5.32 Å². The summed E-state index contributed by atoms with van der Waals surface area (Å²) >= 11 is 0. The molecule has 6 heteroatoms. The molecule has 1 atom stereocenters. The van der Waals surface area contributed by atoms with Gasteiger partial charge in [-0.3, -0.25) is 4.79 Å². The Labute approximate surface area is 122 Å². The Morgan fingerprint density at radius 3 is 2.43 bits per heavy atom. The summed E-state index contributed by atoms with van der Waals surface area (Å²) in [7, 11) is 0. The van der Waals surface area contributed by atoms with Crippen LogP contribution < -0.4 is 5.32 Å². The smallest absolute Gasteiger partial charge is 0.366 e. The summed E-state index contributed by atoms with van der Waals surface area (Å²) in [6, 6.07) is 4.39. The summed E-state index contributed by atoms with van der Waals surface area (Å²) in [5.74, 6) is -0.366. The molecule has 1 N–H and O–H groups in total. The fraction of sp³-hybridized carbons (Fsp3) is 0.533. The van der Waals surface area contributed by atoms with Crippen molar-refractivity contribution in [1.29, 1.82) is 0 Å². The second-order valence-electron chi connectivity index (χ2n) is 5.81. The minimum Gasteiger partial charge on any atom is -0.366 e. The second kappa shape index (κ2) is 6.47. The number of nitrogens with one attached hydrogen (secondary N) is 1. The molecule has 3 nitrogen and oxygen atoms in total. The Morgan fingerprint density at radius 1 is 1.29 bits per heavy atom. The number of ether oxygens (including phenoxy) is 1. The number of alkyl halides is 3. The van der Waals surface area contributed by atoms with E-state index in [9.17, 15) is 18.0 Å². The second-order valence-corrected chi connectivity index (χ2v) is 5.81. The van der Waals surface area contributed by atoms with Crippen molar-refractivity contribution in [3.05, 3.63) is 35.4 Å². The predicted octanol–water partition coefficient (Wildman–Crippen LogP) is 3.70. The molecule has 0 radical (unpaired) electrons. The molecule has 0 bridgehead atoms. The van der Waals surface area contributed by atoms with Crippen LogP contribution in [0.15, 0.2) is 24.3 Å². The maximum atomic E-state index is 12.6. The minimum absolute atomic E-state index is 0.132. The lowest BCUT2D eigenvalue weighted by Crippen LogP contribution is -2.33. The van der Waals surface area contributed by atoms with Crippen molar-refractivity contribution in [3.63, 3.8) is 0 Å². The monoisotopic (exact) mass is 303 g/mol. The normalized spacial score (nSPS) is 13.9. The van der Waals surface area contributed by atoms with Gasteiger partial charge in [-0.15, -0.1) is 0 Å². The van der Waals surface area contributed by atoms with Gasteiger partial charge >= 0.3 is 6.18 Å². The number of hydrogen-bond acceptors (Lipinski definition) is 2. The molecular formula is C15H20F3NO2. The van der Waals surface area contributed by atoms with Gasteiger partial charge in [-0.1, -0.05) is 12.1 Å². The van der Waals surface area contributed by atoms with Gasteiger partial charge < -0.3 is 10.1 Å². The van der Waals surface area contributed by atoms with Crippen LogP contribution >= 0.6 is 0 Å². The van der Waals surface area contributed by atoms with Crippen LogP contribution in [0.1, 0.15) is 44.9 Å². The van der Waals surface area contributed by atoms with Gasteiger partial charge in [0.15, 0.2) is 0 Å². The molecule has 1 aromatic carbocycles. The highest BCUT2D eigenvalue weighted by atomic mass is 19.4. The summed E-state index contributed by atoms with van der Waals surface area (Å²) in [5, 5.41) is 2.62. The van der Waals surface area contributed by atoms with E-state index >= 15 is 0 Å². The van der Waals surface area contributed by atoms with Crippen LogP contribution in [-0.4, -0.2) is 18.1 Å². The van der Waals surface area contributed by atoms with Crippen LogP contribution in [-0.2, 0) is 15.7 Å². The molecule has 1 amide bonds. The first-order valence-corrected chi connectivity index (χ1v) is 6.59. The SMILES string of the molecule is CC(NC(=O)COC(C)(C)C)c1cccc(C(F)(F)F)c1. The van der Waals surface area contributed by atoms with Crippen LogP contribution in [0.3, 0.4) is 0 Å². The molecule has 0 aliphatic rings. The first kappa shape index (κ1) is 17.5. The van der Waals surface area contributed by atoms with Crippen molar-refractivity contribution in [2.75, 3.05) is 6.61 Å². The van der Waals surface area contributed by atoms with Gasteiger partial charge in [0.25, 0.3) is 0 Å². The first-order chi connectivity index (χ1) is 9.49. The third kappa shape index (κ3) is 6.16. The Morgan fingerprint density at radius 2 is 1.90 bits per heavy atom. The largest absolute Gasteiger partial charge is 0.416 e. The zero-order chi connectivity index (χ0) is 16.3. The number of carbonyl (C=O) groups is 1. The van der Waals surface area contributed by atoms with E-state index < -0.39 is 23.4 Å². The van der Waals surface area contributed by atoms with Crippen LogP contribution in [0, 0.1) is 0 Å². The van der Waals surface area contributed by atoms with E-state index in [1.165, 1.54) is 6.07 Å². The van der Waals surface area contributed by atoms with Crippen LogP contribution in [0.25, 0.3) is 0 Å². The lowest BCUT2D eigenvalue weighted by molar-refractivity contribution is -0.137. The summed E-state index contributed by atoms with van der Waals surface area (Å²) in [6.07, 6.45) is -4.39. The summed E-state index contributed by atoms with van der Waals surface area (Å²) in [5.41, 5.74) is -0.780. The molecule has 0 fully saturated rings. The van der Waals surface area contributed by atoms with E-state index in [0.717, 1.165) is 12.1 Å². The first-order valence-electron chi connectivity index (χ1n) is 6.59. The minimum atomic E-state index is -4.39. The number of rotatable bonds is 4. The van der Waals surface area contributed by atoms with E-state index in [1.807, 2.05) is 20.8 Å². The average Bonchev–Trinajstić information content (AvgIpc) is 2.34. The molecule has 0 saturated carbocycles. The molecule has 21 heavy (non-hydrogen) atoms. The van der Waals surface area contributed by atoms with E-state index in [4.69, 9.17) is 4.74 Å². The molecule has 118 valence electrons.